The predicted molar refractivity (Wildman–Crippen MR) is 121 cm³/mol. The van der Waals surface area contributed by atoms with E-state index in [4.69, 9.17) is 27.9 Å². The number of piperazine rings is 1. The molecule has 3 heterocycles. The van der Waals surface area contributed by atoms with Gasteiger partial charge in [-0.15, -0.1) is 0 Å². The zero-order valence-electron chi connectivity index (χ0n) is 16.7. The highest BCUT2D eigenvalue weighted by Crippen LogP contribution is 2.30. The van der Waals surface area contributed by atoms with Crippen LogP contribution in [0.2, 0.25) is 10.0 Å². The van der Waals surface area contributed by atoms with Gasteiger partial charge in [-0.3, -0.25) is 0 Å². The SMILES string of the molecule is CCCc1cc(Oc2cnc(N3CCNCC3)nc2)nc(-c2cc(Cl)cc(Cl)c2)c1. The van der Waals surface area contributed by atoms with Crippen LogP contribution in [-0.4, -0.2) is 41.1 Å². The molecule has 1 aromatic carbocycles. The third-order valence-corrected chi connectivity index (χ3v) is 5.23. The van der Waals surface area contributed by atoms with Gasteiger partial charge in [0.1, 0.15) is 0 Å². The number of rotatable bonds is 6. The summed E-state index contributed by atoms with van der Waals surface area (Å²) in [5.74, 6) is 1.75. The Hall–Kier alpha value is -2.41. The van der Waals surface area contributed by atoms with E-state index in [1.807, 2.05) is 24.3 Å². The Balaban J connectivity index is 1.59. The number of ether oxygens (including phenoxy) is 1. The lowest BCUT2D eigenvalue weighted by Crippen LogP contribution is -2.44. The molecule has 0 saturated carbocycles. The van der Waals surface area contributed by atoms with E-state index in [1.165, 1.54) is 0 Å². The van der Waals surface area contributed by atoms with E-state index in [-0.39, 0.29) is 0 Å². The van der Waals surface area contributed by atoms with Gasteiger partial charge < -0.3 is 15.0 Å². The van der Waals surface area contributed by atoms with Crippen LogP contribution in [0.4, 0.5) is 5.95 Å². The second kappa shape index (κ2) is 9.60. The molecule has 156 valence electrons. The molecule has 30 heavy (non-hydrogen) atoms. The minimum absolute atomic E-state index is 0.491. The van der Waals surface area contributed by atoms with Crippen molar-refractivity contribution in [3.05, 3.63) is 58.3 Å². The second-order valence-electron chi connectivity index (χ2n) is 7.16. The average Bonchev–Trinajstić information content (AvgIpc) is 2.74. The van der Waals surface area contributed by atoms with Gasteiger partial charge in [-0.1, -0.05) is 36.5 Å². The lowest BCUT2D eigenvalue weighted by Gasteiger charge is -2.27. The summed E-state index contributed by atoms with van der Waals surface area (Å²) in [6.45, 7) is 5.80. The van der Waals surface area contributed by atoms with Crippen LogP contribution >= 0.6 is 23.2 Å². The Labute approximate surface area is 186 Å². The first-order chi connectivity index (χ1) is 14.6. The lowest BCUT2D eigenvalue weighted by molar-refractivity contribution is 0.457. The molecule has 0 atom stereocenters. The molecule has 1 saturated heterocycles. The van der Waals surface area contributed by atoms with E-state index in [0.717, 1.165) is 55.8 Å². The van der Waals surface area contributed by atoms with Crippen molar-refractivity contribution in [2.45, 2.75) is 19.8 Å². The highest BCUT2D eigenvalue weighted by Gasteiger charge is 2.14. The largest absolute Gasteiger partial charge is 0.436 e. The number of aryl methyl sites for hydroxylation is 1. The van der Waals surface area contributed by atoms with Crippen molar-refractivity contribution >= 4 is 29.2 Å². The summed E-state index contributed by atoms with van der Waals surface area (Å²) in [5, 5.41) is 4.46. The second-order valence-corrected chi connectivity index (χ2v) is 8.04. The molecule has 1 aliphatic rings. The van der Waals surface area contributed by atoms with Gasteiger partial charge >= 0.3 is 0 Å². The summed E-state index contributed by atoms with van der Waals surface area (Å²) in [4.78, 5) is 15.7. The summed E-state index contributed by atoms with van der Waals surface area (Å²) in [6.07, 6.45) is 5.31. The Kier molecular flexibility index (Phi) is 6.67. The monoisotopic (exact) mass is 443 g/mol. The molecule has 3 aromatic rings. The number of anilines is 1. The number of nitrogens with one attached hydrogen (secondary N) is 1. The molecule has 8 heteroatoms. The van der Waals surface area contributed by atoms with E-state index in [2.05, 4.69) is 32.1 Å². The molecule has 0 amide bonds. The number of benzene rings is 1. The van der Waals surface area contributed by atoms with Crippen molar-refractivity contribution in [3.63, 3.8) is 0 Å². The van der Waals surface area contributed by atoms with Gasteiger partial charge in [-0.25, -0.2) is 15.0 Å². The molecule has 1 fully saturated rings. The van der Waals surface area contributed by atoms with Gasteiger partial charge in [0, 0.05) is 47.9 Å². The normalized spacial score (nSPS) is 14.0. The van der Waals surface area contributed by atoms with Crippen LogP contribution in [0.3, 0.4) is 0 Å². The molecule has 2 aromatic heterocycles. The Morgan fingerprint density at radius 3 is 2.37 bits per heavy atom. The maximum absolute atomic E-state index is 6.18. The van der Waals surface area contributed by atoms with Crippen molar-refractivity contribution in [1.82, 2.24) is 20.3 Å². The molecule has 1 aliphatic heterocycles. The van der Waals surface area contributed by atoms with E-state index in [0.29, 0.717) is 27.6 Å². The van der Waals surface area contributed by atoms with E-state index >= 15 is 0 Å². The number of nitrogens with zero attached hydrogens (tertiary/aromatic N) is 4. The molecule has 0 spiro atoms. The highest BCUT2D eigenvalue weighted by molar-refractivity contribution is 6.35. The third kappa shape index (κ3) is 5.19. The number of pyridine rings is 1. The average molecular weight is 444 g/mol. The summed E-state index contributed by atoms with van der Waals surface area (Å²) in [6, 6.07) is 9.39. The van der Waals surface area contributed by atoms with Crippen molar-refractivity contribution < 1.29 is 4.74 Å². The standard InChI is InChI=1S/C22H23Cl2N5O/c1-2-3-15-8-20(16-10-17(23)12-18(24)11-16)28-21(9-15)30-19-13-26-22(27-14-19)29-6-4-25-5-7-29/h8-14,25H,2-7H2,1H3. The fraction of sp³-hybridized carbons (Fsp3) is 0.318. The fourth-order valence-electron chi connectivity index (χ4n) is 3.40. The smallest absolute Gasteiger partial charge is 0.225 e. The Morgan fingerprint density at radius 1 is 1.00 bits per heavy atom. The molecular weight excluding hydrogens is 421 g/mol. The number of hydrogen-bond donors (Lipinski definition) is 1. The first kappa shape index (κ1) is 20.8. The van der Waals surface area contributed by atoms with Crippen LogP contribution in [0.25, 0.3) is 11.3 Å². The van der Waals surface area contributed by atoms with Gasteiger partial charge in [0.15, 0.2) is 5.75 Å². The molecule has 1 N–H and O–H groups in total. The zero-order chi connectivity index (χ0) is 20.9. The molecule has 6 nitrogen and oxygen atoms in total. The first-order valence-electron chi connectivity index (χ1n) is 10.0. The fourth-order valence-corrected chi connectivity index (χ4v) is 3.93. The minimum atomic E-state index is 0.491. The predicted octanol–water partition coefficient (Wildman–Crippen LogP) is 5.00. The first-order valence-corrected chi connectivity index (χ1v) is 10.8. The zero-order valence-corrected chi connectivity index (χ0v) is 18.2. The maximum atomic E-state index is 6.18. The van der Waals surface area contributed by atoms with Crippen LogP contribution in [-0.2, 0) is 6.42 Å². The maximum Gasteiger partial charge on any atom is 0.225 e. The van der Waals surface area contributed by atoms with Gasteiger partial charge in [0.25, 0.3) is 0 Å². The topological polar surface area (TPSA) is 63.2 Å². The van der Waals surface area contributed by atoms with E-state index in [9.17, 15) is 0 Å². The van der Waals surface area contributed by atoms with Crippen LogP contribution in [0.5, 0.6) is 11.6 Å². The van der Waals surface area contributed by atoms with Gasteiger partial charge in [-0.05, 0) is 36.2 Å². The lowest BCUT2D eigenvalue weighted by atomic mass is 10.1. The molecule has 0 aliphatic carbocycles. The van der Waals surface area contributed by atoms with Crippen LogP contribution in [0, 0.1) is 0 Å². The van der Waals surface area contributed by atoms with Crippen molar-refractivity contribution in [2.24, 2.45) is 0 Å². The molecule has 4 rings (SSSR count). The Bertz CT molecular complexity index is 987. The summed E-state index contributed by atoms with van der Waals surface area (Å²) in [7, 11) is 0. The van der Waals surface area contributed by atoms with Crippen molar-refractivity contribution in [3.8, 4) is 22.9 Å². The van der Waals surface area contributed by atoms with Crippen LogP contribution in [0.1, 0.15) is 18.9 Å². The van der Waals surface area contributed by atoms with E-state index in [1.54, 1.807) is 18.5 Å². The number of halogens is 2. The third-order valence-electron chi connectivity index (χ3n) is 4.80. The number of aromatic nitrogens is 3. The summed E-state index contributed by atoms with van der Waals surface area (Å²) >= 11 is 12.4. The Morgan fingerprint density at radius 2 is 1.70 bits per heavy atom. The van der Waals surface area contributed by atoms with Gasteiger partial charge in [0.2, 0.25) is 11.8 Å². The summed E-state index contributed by atoms with van der Waals surface area (Å²) in [5.41, 5.74) is 2.74. The van der Waals surface area contributed by atoms with Crippen LogP contribution in [0.15, 0.2) is 42.7 Å². The van der Waals surface area contributed by atoms with Crippen LogP contribution < -0.4 is 15.0 Å². The van der Waals surface area contributed by atoms with Crippen molar-refractivity contribution in [1.29, 1.82) is 0 Å². The molecular formula is C22H23Cl2N5O. The molecule has 0 unspecified atom stereocenters. The van der Waals surface area contributed by atoms with Gasteiger partial charge in [-0.2, -0.15) is 0 Å². The summed E-state index contributed by atoms with van der Waals surface area (Å²) < 4.78 is 6.00. The van der Waals surface area contributed by atoms with Gasteiger partial charge in [0.05, 0.1) is 18.1 Å². The van der Waals surface area contributed by atoms with Crippen molar-refractivity contribution in [2.75, 3.05) is 31.1 Å². The molecule has 0 radical (unpaired) electrons. The number of hydrogen-bond acceptors (Lipinski definition) is 6. The minimum Gasteiger partial charge on any atom is -0.436 e. The van der Waals surface area contributed by atoms with E-state index < -0.39 is 0 Å². The quantitative estimate of drug-likeness (QED) is 0.578. The highest BCUT2D eigenvalue weighted by atomic mass is 35.5. The molecule has 0 bridgehead atoms.